The molecule has 2 rings (SSSR count). The SMILES string of the molecule is CC1CN(C2CNC2)CCS1=O. The van der Waals surface area contributed by atoms with E-state index in [1.54, 1.807) is 0 Å². The van der Waals surface area contributed by atoms with E-state index >= 15 is 0 Å². The lowest BCUT2D eigenvalue weighted by molar-refractivity contribution is 0.150. The number of hydrogen-bond acceptors (Lipinski definition) is 3. The third-order valence-corrected chi connectivity index (χ3v) is 4.43. The van der Waals surface area contributed by atoms with E-state index in [4.69, 9.17) is 0 Å². The molecule has 12 heavy (non-hydrogen) atoms. The van der Waals surface area contributed by atoms with E-state index in [1.807, 2.05) is 0 Å². The molecular weight excluding hydrogens is 172 g/mol. The van der Waals surface area contributed by atoms with E-state index in [-0.39, 0.29) is 0 Å². The minimum atomic E-state index is -0.562. The number of nitrogens with zero attached hydrogens (tertiary/aromatic N) is 1. The zero-order chi connectivity index (χ0) is 8.55. The first kappa shape index (κ1) is 8.66. The van der Waals surface area contributed by atoms with Crippen LogP contribution < -0.4 is 5.32 Å². The molecule has 0 aromatic rings. The van der Waals surface area contributed by atoms with Crippen molar-refractivity contribution in [2.45, 2.75) is 18.2 Å². The maximum Gasteiger partial charge on any atom is 0.0447 e. The second kappa shape index (κ2) is 3.44. The van der Waals surface area contributed by atoms with Crippen molar-refractivity contribution in [3.05, 3.63) is 0 Å². The highest BCUT2D eigenvalue weighted by Gasteiger charge is 2.30. The zero-order valence-electron chi connectivity index (χ0n) is 7.45. The second-order valence-corrected chi connectivity index (χ2v) is 5.68. The van der Waals surface area contributed by atoms with Gasteiger partial charge >= 0.3 is 0 Å². The van der Waals surface area contributed by atoms with Crippen LogP contribution in [0.1, 0.15) is 6.92 Å². The average molecular weight is 188 g/mol. The number of hydrogen-bond donors (Lipinski definition) is 1. The molecule has 2 fully saturated rings. The molecule has 2 aliphatic rings. The Morgan fingerprint density at radius 1 is 1.50 bits per heavy atom. The molecule has 4 heteroatoms. The summed E-state index contributed by atoms with van der Waals surface area (Å²) < 4.78 is 11.3. The first-order valence-electron chi connectivity index (χ1n) is 4.59. The molecule has 0 bridgehead atoms. The summed E-state index contributed by atoms with van der Waals surface area (Å²) in [5, 5.41) is 3.64. The Hall–Kier alpha value is 0.0700. The molecule has 0 amide bonds. The van der Waals surface area contributed by atoms with Crippen LogP contribution in [-0.4, -0.2) is 52.3 Å². The summed E-state index contributed by atoms with van der Waals surface area (Å²) in [7, 11) is -0.562. The van der Waals surface area contributed by atoms with Gasteiger partial charge in [-0.15, -0.1) is 0 Å². The van der Waals surface area contributed by atoms with Crippen molar-refractivity contribution in [1.29, 1.82) is 0 Å². The lowest BCUT2D eigenvalue weighted by atomic mass is 10.1. The topological polar surface area (TPSA) is 32.3 Å². The van der Waals surface area contributed by atoms with Gasteiger partial charge in [0.25, 0.3) is 0 Å². The molecule has 0 aromatic heterocycles. The predicted octanol–water partition coefficient (Wildman–Crippen LogP) is -0.589. The first-order chi connectivity index (χ1) is 5.77. The second-order valence-electron chi connectivity index (χ2n) is 3.70. The standard InChI is InChI=1S/C8H16N2OS/c1-7-6-10(2-3-12(7)11)8-4-9-5-8/h7-9H,2-6H2,1H3. The van der Waals surface area contributed by atoms with Crippen LogP contribution in [0.25, 0.3) is 0 Å². The molecule has 3 nitrogen and oxygen atoms in total. The fourth-order valence-corrected chi connectivity index (χ4v) is 2.95. The van der Waals surface area contributed by atoms with E-state index < -0.39 is 10.8 Å². The summed E-state index contributed by atoms with van der Waals surface area (Å²) in [4.78, 5) is 2.47. The van der Waals surface area contributed by atoms with Crippen LogP contribution in [0, 0.1) is 0 Å². The van der Waals surface area contributed by atoms with E-state index in [1.165, 1.54) is 0 Å². The highest BCUT2D eigenvalue weighted by atomic mass is 32.2. The van der Waals surface area contributed by atoms with Gasteiger partial charge in [0.15, 0.2) is 0 Å². The maximum absolute atomic E-state index is 11.3. The molecule has 2 atom stereocenters. The molecule has 1 N–H and O–H groups in total. The highest BCUT2D eigenvalue weighted by Crippen LogP contribution is 2.13. The number of rotatable bonds is 1. The van der Waals surface area contributed by atoms with Crippen LogP contribution in [0.2, 0.25) is 0 Å². The van der Waals surface area contributed by atoms with Crippen LogP contribution in [0.5, 0.6) is 0 Å². The molecule has 0 saturated carbocycles. The van der Waals surface area contributed by atoms with Gasteiger partial charge in [0, 0.05) is 54.0 Å². The minimum absolute atomic E-state index is 0.374. The summed E-state index contributed by atoms with van der Waals surface area (Å²) in [6.45, 7) is 6.40. The van der Waals surface area contributed by atoms with E-state index in [9.17, 15) is 4.21 Å². The maximum atomic E-state index is 11.3. The quantitative estimate of drug-likeness (QED) is 0.597. The molecular formula is C8H16N2OS. The van der Waals surface area contributed by atoms with Gasteiger partial charge < -0.3 is 5.32 Å². The monoisotopic (exact) mass is 188 g/mol. The van der Waals surface area contributed by atoms with Gasteiger partial charge in [0.1, 0.15) is 0 Å². The highest BCUT2D eigenvalue weighted by molar-refractivity contribution is 7.85. The van der Waals surface area contributed by atoms with Crippen molar-refractivity contribution in [3.63, 3.8) is 0 Å². The molecule has 2 unspecified atom stereocenters. The number of nitrogens with one attached hydrogen (secondary N) is 1. The summed E-state index contributed by atoms with van der Waals surface area (Å²) in [5.41, 5.74) is 0. The third kappa shape index (κ3) is 1.56. The summed E-state index contributed by atoms with van der Waals surface area (Å²) in [6, 6.07) is 0.727. The fraction of sp³-hybridized carbons (Fsp3) is 1.00. The Morgan fingerprint density at radius 2 is 2.25 bits per heavy atom. The van der Waals surface area contributed by atoms with Crippen LogP contribution in [-0.2, 0) is 10.8 Å². The summed E-state index contributed by atoms with van der Waals surface area (Å²) >= 11 is 0. The Morgan fingerprint density at radius 3 is 2.75 bits per heavy atom. The Balaban J connectivity index is 1.88. The van der Waals surface area contributed by atoms with Gasteiger partial charge in [-0.3, -0.25) is 9.11 Å². The van der Waals surface area contributed by atoms with Crippen molar-refractivity contribution in [1.82, 2.24) is 10.2 Å². The van der Waals surface area contributed by atoms with Gasteiger partial charge in [0.05, 0.1) is 0 Å². The molecule has 2 heterocycles. The van der Waals surface area contributed by atoms with Crippen molar-refractivity contribution in [2.75, 3.05) is 31.9 Å². The normalized spacial score (nSPS) is 39.4. The smallest absolute Gasteiger partial charge is 0.0447 e. The zero-order valence-corrected chi connectivity index (χ0v) is 8.27. The predicted molar refractivity (Wildman–Crippen MR) is 50.7 cm³/mol. The van der Waals surface area contributed by atoms with E-state index in [2.05, 4.69) is 17.1 Å². The summed E-state index contributed by atoms with van der Waals surface area (Å²) in [6.07, 6.45) is 0. The minimum Gasteiger partial charge on any atom is -0.314 e. The lowest BCUT2D eigenvalue weighted by Gasteiger charge is -2.41. The molecule has 70 valence electrons. The van der Waals surface area contributed by atoms with Gasteiger partial charge in [-0.2, -0.15) is 0 Å². The van der Waals surface area contributed by atoms with Crippen molar-refractivity contribution in [2.24, 2.45) is 0 Å². The molecule has 0 aliphatic carbocycles. The Bertz CT molecular complexity index is 193. The van der Waals surface area contributed by atoms with Gasteiger partial charge in [-0.1, -0.05) is 0 Å². The van der Waals surface area contributed by atoms with E-state index in [0.29, 0.717) is 5.25 Å². The van der Waals surface area contributed by atoms with Gasteiger partial charge in [-0.25, -0.2) is 0 Å². The van der Waals surface area contributed by atoms with Gasteiger partial charge in [-0.05, 0) is 6.92 Å². The van der Waals surface area contributed by atoms with Crippen LogP contribution in [0.4, 0.5) is 0 Å². The van der Waals surface area contributed by atoms with Crippen LogP contribution in [0.3, 0.4) is 0 Å². The molecule has 0 spiro atoms. The molecule has 2 aliphatic heterocycles. The van der Waals surface area contributed by atoms with Crippen molar-refractivity contribution >= 4 is 10.8 Å². The van der Waals surface area contributed by atoms with Crippen LogP contribution >= 0.6 is 0 Å². The Labute approximate surface area is 76.0 Å². The average Bonchev–Trinajstić information content (AvgIpc) is 1.93. The Kier molecular flexibility index (Phi) is 2.48. The van der Waals surface area contributed by atoms with Gasteiger partial charge in [0.2, 0.25) is 0 Å². The fourth-order valence-electron chi connectivity index (χ4n) is 1.78. The van der Waals surface area contributed by atoms with E-state index in [0.717, 1.165) is 38.0 Å². The third-order valence-electron chi connectivity index (χ3n) is 2.80. The first-order valence-corrected chi connectivity index (χ1v) is 5.97. The molecule has 0 radical (unpaired) electrons. The van der Waals surface area contributed by atoms with Crippen molar-refractivity contribution in [3.8, 4) is 0 Å². The molecule has 0 aromatic carbocycles. The lowest BCUT2D eigenvalue weighted by Crippen LogP contribution is -2.61. The van der Waals surface area contributed by atoms with Crippen LogP contribution in [0.15, 0.2) is 0 Å². The largest absolute Gasteiger partial charge is 0.314 e. The summed E-state index contributed by atoms with van der Waals surface area (Å²) in [5.74, 6) is 0.873. The molecule has 2 saturated heterocycles. The van der Waals surface area contributed by atoms with Crippen molar-refractivity contribution < 1.29 is 4.21 Å².